The number of amides is 1. The number of aryl methyl sites for hydroxylation is 3. The fourth-order valence-corrected chi connectivity index (χ4v) is 2.23. The largest absolute Gasteiger partial charge is 0.436 e. The molecule has 0 aliphatic carbocycles. The number of hydrogen-bond donors (Lipinski definition) is 1. The van der Waals surface area contributed by atoms with Crippen LogP contribution in [0.5, 0.6) is 0 Å². The number of nitrogens with one attached hydrogen (secondary N) is 1. The molecule has 1 atom stereocenters. The first-order chi connectivity index (χ1) is 9.52. The number of imidazole rings is 1. The van der Waals surface area contributed by atoms with Gasteiger partial charge in [0.2, 0.25) is 5.76 Å². The minimum Gasteiger partial charge on any atom is -0.436 e. The molecule has 20 heavy (non-hydrogen) atoms. The number of hydrogen-bond acceptors (Lipinski definition) is 4. The Kier molecular flexibility index (Phi) is 4.22. The normalized spacial score (nSPS) is 12.4. The van der Waals surface area contributed by atoms with Gasteiger partial charge in [0.05, 0.1) is 11.7 Å². The third-order valence-corrected chi connectivity index (χ3v) is 3.16. The van der Waals surface area contributed by atoms with E-state index in [1.54, 1.807) is 20.0 Å². The summed E-state index contributed by atoms with van der Waals surface area (Å²) >= 11 is 0. The predicted molar refractivity (Wildman–Crippen MR) is 74.3 cm³/mol. The van der Waals surface area contributed by atoms with E-state index in [9.17, 15) is 4.79 Å². The molecule has 0 unspecified atom stereocenters. The van der Waals surface area contributed by atoms with Gasteiger partial charge in [-0.15, -0.1) is 0 Å². The third-order valence-electron chi connectivity index (χ3n) is 3.16. The topological polar surface area (TPSA) is 73.0 Å². The van der Waals surface area contributed by atoms with E-state index in [0.29, 0.717) is 11.6 Å². The first-order valence-electron chi connectivity index (χ1n) is 6.75. The second-order valence-electron chi connectivity index (χ2n) is 4.86. The molecule has 1 amide bonds. The van der Waals surface area contributed by atoms with Gasteiger partial charge in [-0.1, -0.05) is 13.3 Å². The molecule has 6 heteroatoms. The molecule has 6 nitrogen and oxygen atoms in total. The standard InChI is InChI=1S/C14H20N4O2/c1-5-6-11(13-15-7-8-18(13)4)17-14(19)12-9(2)16-10(3)20-12/h7-8,11H,5-6H2,1-4H3,(H,17,19)/t11-/m1/s1. The number of carbonyl (C=O) groups excluding carboxylic acids is 1. The average molecular weight is 276 g/mol. The smallest absolute Gasteiger partial charge is 0.289 e. The van der Waals surface area contributed by atoms with Gasteiger partial charge >= 0.3 is 0 Å². The van der Waals surface area contributed by atoms with Crippen molar-refractivity contribution in [3.05, 3.63) is 35.6 Å². The van der Waals surface area contributed by atoms with E-state index in [-0.39, 0.29) is 17.7 Å². The number of oxazole rings is 1. The Morgan fingerprint density at radius 3 is 2.75 bits per heavy atom. The van der Waals surface area contributed by atoms with Gasteiger partial charge in [-0.2, -0.15) is 0 Å². The van der Waals surface area contributed by atoms with Crippen LogP contribution in [0.1, 0.15) is 53.8 Å². The van der Waals surface area contributed by atoms with Crippen LogP contribution in [0.25, 0.3) is 0 Å². The summed E-state index contributed by atoms with van der Waals surface area (Å²) < 4.78 is 7.27. The molecule has 0 spiro atoms. The zero-order chi connectivity index (χ0) is 14.7. The summed E-state index contributed by atoms with van der Waals surface area (Å²) in [5.41, 5.74) is 0.607. The van der Waals surface area contributed by atoms with Crippen molar-refractivity contribution in [3.63, 3.8) is 0 Å². The van der Waals surface area contributed by atoms with Gasteiger partial charge in [0.15, 0.2) is 5.89 Å². The Hall–Kier alpha value is -2.11. The number of rotatable bonds is 5. The Morgan fingerprint density at radius 2 is 2.25 bits per heavy atom. The molecule has 2 aromatic heterocycles. The molecule has 0 saturated carbocycles. The fraction of sp³-hybridized carbons (Fsp3) is 0.500. The molecule has 2 rings (SSSR count). The van der Waals surface area contributed by atoms with E-state index in [4.69, 9.17) is 4.42 Å². The lowest BCUT2D eigenvalue weighted by atomic mass is 10.1. The Morgan fingerprint density at radius 1 is 1.50 bits per heavy atom. The van der Waals surface area contributed by atoms with Crippen molar-refractivity contribution in [2.45, 2.75) is 39.7 Å². The van der Waals surface area contributed by atoms with Gasteiger partial charge in [0.25, 0.3) is 5.91 Å². The van der Waals surface area contributed by atoms with Crippen molar-refractivity contribution in [2.24, 2.45) is 7.05 Å². The third kappa shape index (κ3) is 2.89. The lowest BCUT2D eigenvalue weighted by Gasteiger charge is -2.17. The molecule has 0 bridgehead atoms. The van der Waals surface area contributed by atoms with Crippen LogP contribution in [-0.4, -0.2) is 20.4 Å². The monoisotopic (exact) mass is 276 g/mol. The Bertz CT molecular complexity index is 600. The molecule has 0 fully saturated rings. The summed E-state index contributed by atoms with van der Waals surface area (Å²) in [6, 6.07) is -0.127. The molecule has 2 heterocycles. The zero-order valence-corrected chi connectivity index (χ0v) is 12.3. The van der Waals surface area contributed by atoms with Gasteiger partial charge < -0.3 is 14.3 Å². The highest BCUT2D eigenvalue weighted by atomic mass is 16.4. The SMILES string of the molecule is CCC[C@@H](NC(=O)c1oc(C)nc1C)c1nccn1C. The molecular formula is C14H20N4O2. The quantitative estimate of drug-likeness (QED) is 0.909. The van der Waals surface area contributed by atoms with Crippen LogP contribution in [0, 0.1) is 13.8 Å². The van der Waals surface area contributed by atoms with Crippen LogP contribution in [0.2, 0.25) is 0 Å². The first-order valence-corrected chi connectivity index (χ1v) is 6.75. The van der Waals surface area contributed by atoms with Gasteiger partial charge in [-0.05, 0) is 13.3 Å². The summed E-state index contributed by atoms with van der Waals surface area (Å²) in [6.07, 6.45) is 5.37. The summed E-state index contributed by atoms with van der Waals surface area (Å²) in [4.78, 5) is 20.7. The van der Waals surface area contributed by atoms with Crippen LogP contribution in [0.3, 0.4) is 0 Å². The van der Waals surface area contributed by atoms with Crippen molar-refractivity contribution in [2.75, 3.05) is 0 Å². The Balaban J connectivity index is 2.18. The second kappa shape index (κ2) is 5.90. The molecule has 0 radical (unpaired) electrons. The van der Waals surface area contributed by atoms with E-state index < -0.39 is 0 Å². The Labute approximate surface area is 118 Å². The minimum absolute atomic E-state index is 0.127. The van der Waals surface area contributed by atoms with Crippen molar-refractivity contribution >= 4 is 5.91 Å². The number of nitrogens with zero attached hydrogens (tertiary/aromatic N) is 3. The fourth-order valence-electron chi connectivity index (χ4n) is 2.23. The van der Waals surface area contributed by atoms with Crippen LogP contribution in [0.15, 0.2) is 16.8 Å². The molecule has 0 saturated heterocycles. The maximum absolute atomic E-state index is 12.3. The summed E-state index contributed by atoms with van der Waals surface area (Å²) in [5.74, 6) is 1.37. The summed E-state index contributed by atoms with van der Waals surface area (Å²) in [5, 5.41) is 2.98. The molecule has 0 aliphatic rings. The lowest BCUT2D eigenvalue weighted by Crippen LogP contribution is -2.30. The van der Waals surface area contributed by atoms with E-state index >= 15 is 0 Å². The van der Waals surface area contributed by atoms with Crippen LogP contribution in [0.4, 0.5) is 0 Å². The van der Waals surface area contributed by atoms with Gasteiger partial charge in [0, 0.05) is 26.4 Å². The number of carbonyl (C=O) groups is 1. The molecule has 1 N–H and O–H groups in total. The molecular weight excluding hydrogens is 256 g/mol. The maximum Gasteiger partial charge on any atom is 0.289 e. The predicted octanol–water partition coefficient (Wildman–Crippen LogP) is 2.30. The van der Waals surface area contributed by atoms with Crippen molar-refractivity contribution in [1.29, 1.82) is 0 Å². The van der Waals surface area contributed by atoms with Crippen LogP contribution < -0.4 is 5.32 Å². The van der Waals surface area contributed by atoms with Crippen molar-refractivity contribution in [3.8, 4) is 0 Å². The van der Waals surface area contributed by atoms with E-state index in [0.717, 1.165) is 18.7 Å². The average Bonchev–Trinajstić information content (AvgIpc) is 2.94. The van der Waals surface area contributed by atoms with Crippen LogP contribution in [-0.2, 0) is 7.05 Å². The summed E-state index contributed by atoms with van der Waals surface area (Å²) in [7, 11) is 1.92. The maximum atomic E-state index is 12.3. The minimum atomic E-state index is -0.246. The highest BCUT2D eigenvalue weighted by Gasteiger charge is 2.22. The lowest BCUT2D eigenvalue weighted by molar-refractivity contribution is 0.0901. The molecule has 2 aromatic rings. The highest BCUT2D eigenvalue weighted by molar-refractivity contribution is 5.92. The highest BCUT2D eigenvalue weighted by Crippen LogP contribution is 2.18. The molecule has 0 aliphatic heterocycles. The zero-order valence-electron chi connectivity index (χ0n) is 12.3. The molecule has 0 aromatic carbocycles. The summed E-state index contributed by atoms with van der Waals surface area (Å²) in [6.45, 7) is 5.57. The molecule has 108 valence electrons. The van der Waals surface area contributed by atoms with Crippen molar-refractivity contribution in [1.82, 2.24) is 19.9 Å². The van der Waals surface area contributed by atoms with Gasteiger partial charge in [0.1, 0.15) is 5.82 Å². The van der Waals surface area contributed by atoms with Gasteiger partial charge in [-0.3, -0.25) is 4.79 Å². The number of aromatic nitrogens is 3. The van der Waals surface area contributed by atoms with Crippen molar-refractivity contribution < 1.29 is 9.21 Å². The van der Waals surface area contributed by atoms with E-state index in [1.165, 1.54) is 0 Å². The van der Waals surface area contributed by atoms with Crippen LogP contribution >= 0.6 is 0 Å². The van der Waals surface area contributed by atoms with E-state index in [1.807, 2.05) is 17.8 Å². The van der Waals surface area contributed by atoms with E-state index in [2.05, 4.69) is 22.2 Å². The van der Waals surface area contributed by atoms with Gasteiger partial charge in [-0.25, -0.2) is 9.97 Å². The first kappa shape index (κ1) is 14.3. The second-order valence-corrected chi connectivity index (χ2v) is 4.86.